The van der Waals surface area contributed by atoms with Crippen molar-refractivity contribution in [1.29, 1.82) is 0 Å². The van der Waals surface area contributed by atoms with Crippen molar-refractivity contribution in [3.63, 3.8) is 0 Å². The molecule has 0 spiro atoms. The molecular weight excluding hydrogens is 1310 g/mol. The summed E-state index contributed by atoms with van der Waals surface area (Å²) in [6.07, 6.45) is 0. The molecule has 0 N–H and O–H groups in total. The van der Waals surface area contributed by atoms with Gasteiger partial charge in [0.15, 0.2) is 0 Å². The molecule has 0 amide bonds. The maximum atomic E-state index is 18.0. The van der Waals surface area contributed by atoms with Crippen LogP contribution in [0.2, 0.25) is 0 Å². The van der Waals surface area contributed by atoms with Crippen molar-refractivity contribution in [2.45, 2.75) is 9.79 Å². The molecular formula is C96H63B2F2N5S. The van der Waals surface area contributed by atoms with E-state index in [0.717, 1.165) is 162 Å². The average molecular weight is 1380 g/mol. The van der Waals surface area contributed by atoms with E-state index in [1.807, 2.05) is 12.1 Å². The molecule has 4 aliphatic heterocycles. The van der Waals surface area contributed by atoms with Crippen LogP contribution in [0.15, 0.2) is 392 Å². The molecule has 0 aromatic heterocycles. The monoisotopic (exact) mass is 1380 g/mol. The van der Waals surface area contributed by atoms with Crippen LogP contribution >= 0.6 is 11.8 Å². The highest BCUT2D eigenvalue weighted by Crippen LogP contribution is 2.52. The Balaban J connectivity index is 0.830. The lowest BCUT2D eigenvalue weighted by atomic mass is 9.31. The van der Waals surface area contributed by atoms with E-state index in [0.29, 0.717) is 0 Å². The predicted molar refractivity (Wildman–Crippen MR) is 441 cm³/mol. The quantitative estimate of drug-likeness (QED) is 0.106. The summed E-state index contributed by atoms with van der Waals surface area (Å²) in [7, 11) is 0. The molecule has 20 rings (SSSR count). The van der Waals surface area contributed by atoms with Gasteiger partial charge in [0.05, 0.1) is 11.4 Å². The van der Waals surface area contributed by atoms with Crippen molar-refractivity contribution in [3.8, 4) is 44.5 Å². The number of anilines is 15. The van der Waals surface area contributed by atoms with Crippen LogP contribution in [0.25, 0.3) is 44.5 Å². The maximum absolute atomic E-state index is 18.0. The summed E-state index contributed by atoms with van der Waals surface area (Å²) < 4.78 is 33.9. The molecule has 0 saturated heterocycles. The van der Waals surface area contributed by atoms with E-state index in [2.05, 4.69) is 376 Å². The first-order valence-corrected chi connectivity index (χ1v) is 36.8. The fourth-order valence-corrected chi connectivity index (χ4v) is 17.8. The summed E-state index contributed by atoms with van der Waals surface area (Å²) in [6, 6.07) is 135. The molecule has 4 aliphatic rings. The Morgan fingerprint density at radius 1 is 0.226 bits per heavy atom. The van der Waals surface area contributed by atoms with Crippen LogP contribution in [0.5, 0.6) is 0 Å². The summed E-state index contributed by atoms with van der Waals surface area (Å²) in [4.78, 5) is 13.8. The van der Waals surface area contributed by atoms with Crippen molar-refractivity contribution in [1.82, 2.24) is 0 Å². The van der Waals surface area contributed by atoms with Gasteiger partial charge in [0.25, 0.3) is 6.71 Å². The van der Waals surface area contributed by atoms with E-state index >= 15 is 8.78 Å². The average Bonchev–Trinajstić information content (AvgIpc) is 0.688. The normalized spacial score (nSPS) is 12.7. The van der Waals surface area contributed by atoms with Crippen LogP contribution < -0.4 is 57.3 Å². The number of halogens is 2. The van der Waals surface area contributed by atoms with Gasteiger partial charge in [-0.25, -0.2) is 8.78 Å². The summed E-state index contributed by atoms with van der Waals surface area (Å²) in [5, 5.41) is 0. The summed E-state index contributed by atoms with van der Waals surface area (Å²) in [5.41, 5.74) is 29.3. The number of para-hydroxylation sites is 4. The third-order valence-corrected chi connectivity index (χ3v) is 22.5. The molecule has 0 atom stereocenters. The topological polar surface area (TPSA) is 16.2 Å². The van der Waals surface area contributed by atoms with Gasteiger partial charge in [-0.2, -0.15) is 0 Å². The fraction of sp³-hybridized carbons (Fsp3) is 0. The molecule has 10 heteroatoms. The molecule has 0 saturated carbocycles. The van der Waals surface area contributed by atoms with Crippen LogP contribution in [0.1, 0.15) is 0 Å². The van der Waals surface area contributed by atoms with Gasteiger partial charge >= 0.3 is 0 Å². The zero-order valence-electron chi connectivity index (χ0n) is 57.4. The van der Waals surface area contributed by atoms with E-state index in [9.17, 15) is 0 Å². The number of hydrogen-bond donors (Lipinski definition) is 0. The minimum atomic E-state index is -0.676. The van der Waals surface area contributed by atoms with Crippen LogP contribution in [0.4, 0.5) is 94.1 Å². The first-order valence-electron chi connectivity index (χ1n) is 36.0. The molecule has 5 nitrogen and oxygen atoms in total. The second-order valence-electron chi connectivity index (χ2n) is 27.4. The lowest BCUT2D eigenvalue weighted by Crippen LogP contribution is -2.64. The third kappa shape index (κ3) is 10.7. The second kappa shape index (κ2) is 26.0. The first-order chi connectivity index (χ1) is 52.4. The van der Waals surface area contributed by atoms with Crippen molar-refractivity contribution >= 4 is 143 Å². The standard InChI is InChI=1S/C96H63B2F2N5S/c99-72-47-56-88(85(100)57-72)105-89-63-93-84(98-82-36-20-22-38-87(82)104(74-33-17-6-18-34-74)92-60-80(61-94(106-93)96(92)98)102(77-52-43-70(44-53-77)66-27-11-3-12-28-66)78-54-45-71(46-55-78)67-29-13-4-14-30-67)62-83(89)97-81-35-19-21-37-86(81)103(73-31-15-5-16-32-73)90-58-79(59-91(105)95(90)97)101(75-48-39-68(40-49-75)64-23-7-1-8-24-64)76-50-41-69(42-51-76)65-25-9-2-10-26-65/h1-63H. The van der Waals surface area contributed by atoms with Gasteiger partial charge in [0.2, 0.25) is 6.71 Å². The largest absolute Gasteiger partial charge is 0.311 e. The number of hydrogen-bond acceptors (Lipinski definition) is 6. The summed E-state index contributed by atoms with van der Waals surface area (Å²) in [6.45, 7) is -0.600. The lowest BCUT2D eigenvalue weighted by molar-refractivity contribution is 0.584. The Hall–Kier alpha value is -13.1. The van der Waals surface area contributed by atoms with E-state index in [1.54, 1.807) is 17.8 Å². The van der Waals surface area contributed by atoms with Gasteiger partial charge in [-0.1, -0.05) is 266 Å². The molecule has 0 aliphatic carbocycles. The molecule has 16 aromatic carbocycles. The van der Waals surface area contributed by atoms with E-state index in [-0.39, 0.29) is 19.1 Å². The van der Waals surface area contributed by atoms with Crippen LogP contribution in [0.3, 0.4) is 0 Å². The van der Waals surface area contributed by atoms with Crippen LogP contribution in [0, 0.1) is 11.6 Å². The van der Waals surface area contributed by atoms with Gasteiger partial charge in [0.1, 0.15) is 11.6 Å². The molecule has 0 unspecified atom stereocenters. The molecule has 4 heterocycles. The highest BCUT2D eigenvalue weighted by Gasteiger charge is 2.48. The summed E-state index contributed by atoms with van der Waals surface area (Å²) in [5.74, 6) is -1.33. The zero-order valence-corrected chi connectivity index (χ0v) is 58.2. The third-order valence-electron chi connectivity index (χ3n) is 21.4. The van der Waals surface area contributed by atoms with Gasteiger partial charge in [-0.15, -0.1) is 0 Å². The number of benzene rings is 16. The highest BCUT2D eigenvalue weighted by molar-refractivity contribution is 8.00. The zero-order chi connectivity index (χ0) is 70.3. The number of rotatable bonds is 13. The van der Waals surface area contributed by atoms with Crippen LogP contribution in [-0.2, 0) is 0 Å². The van der Waals surface area contributed by atoms with Gasteiger partial charge in [-0.05, 0) is 199 Å². The second-order valence-corrected chi connectivity index (χ2v) is 28.5. The Morgan fingerprint density at radius 2 is 0.575 bits per heavy atom. The lowest BCUT2D eigenvalue weighted by Gasteiger charge is -2.46. The highest BCUT2D eigenvalue weighted by atomic mass is 32.2. The van der Waals surface area contributed by atoms with E-state index in [4.69, 9.17) is 0 Å². The predicted octanol–water partition coefficient (Wildman–Crippen LogP) is 22.4. The van der Waals surface area contributed by atoms with Crippen LogP contribution in [-0.4, -0.2) is 13.4 Å². The molecule has 106 heavy (non-hydrogen) atoms. The molecule has 0 fully saturated rings. The van der Waals surface area contributed by atoms with Gasteiger partial charge in [-0.3, -0.25) is 0 Å². The minimum Gasteiger partial charge on any atom is -0.311 e. The Kier molecular flexibility index (Phi) is 15.3. The Labute approximate surface area is 620 Å². The Bertz CT molecular complexity index is 5860. The van der Waals surface area contributed by atoms with E-state index < -0.39 is 11.6 Å². The minimum absolute atomic E-state index is 0.232. The molecule has 0 bridgehead atoms. The smallest absolute Gasteiger partial charge is 0.252 e. The molecule has 0 radical (unpaired) electrons. The first kappa shape index (κ1) is 62.6. The Morgan fingerprint density at radius 3 is 0.991 bits per heavy atom. The maximum Gasteiger partial charge on any atom is 0.252 e. The number of nitrogens with zero attached hydrogens (tertiary/aromatic N) is 5. The van der Waals surface area contributed by atoms with E-state index in [1.165, 1.54) is 17.0 Å². The van der Waals surface area contributed by atoms with Gasteiger partial charge in [0, 0.05) is 89.8 Å². The van der Waals surface area contributed by atoms with Crippen molar-refractivity contribution < 1.29 is 8.78 Å². The molecule has 498 valence electrons. The number of fused-ring (bicyclic) bond motifs is 8. The van der Waals surface area contributed by atoms with Crippen molar-refractivity contribution in [3.05, 3.63) is 394 Å². The summed E-state index contributed by atoms with van der Waals surface area (Å²) >= 11 is 1.76. The van der Waals surface area contributed by atoms with Gasteiger partial charge < -0.3 is 24.5 Å². The fourth-order valence-electron chi connectivity index (χ4n) is 16.6. The van der Waals surface area contributed by atoms with Crippen molar-refractivity contribution in [2.75, 3.05) is 24.5 Å². The van der Waals surface area contributed by atoms with Crippen molar-refractivity contribution in [2.24, 2.45) is 0 Å². The SMILES string of the molecule is Fc1ccc(N2c3cc4c(cc3B3c5ccccc5N(c5ccccc5)c5cc(N(c6ccc(-c7ccccc7)cc6)c6ccc(-c7ccccc7)cc6)cc2c53)B2c3ccccc3N(c3ccccc3)c3cc(N(c5ccc(-c6ccccc6)cc5)c5ccc(-c6ccccc6)cc5)cc(c32)S4)c(F)c1. The molecule has 16 aromatic rings.